The van der Waals surface area contributed by atoms with Crippen molar-refractivity contribution >= 4 is 17.8 Å². The molecule has 0 aliphatic heterocycles. The first-order valence-corrected chi connectivity index (χ1v) is 6.80. The number of nitrogens with one attached hydrogen (secondary N) is 1. The van der Waals surface area contributed by atoms with Crippen LogP contribution < -0.4 is 10.1 Å². The second-order valence-corrected chi connectivity index (χ2v) is 4.49. The number of hydrogen-bond acceptors (Lipinski definition) is 3. The Kier molecular flexibility index (Phi) is 7.11. The molecule has 20 heavy (non-hydrogen) atoms. The average molecular weight is 275 g/mol. The molecule has 0 heterocycles. The molecule has 1 aromatic carbocycles. The van der Waals surface area contributed by atoms with Crippen molar-refractivity contribution in [3.8, 4) is 5.75 Å². The van der Waals surface area contributed by atoms with Gasteiger partial charge in [0.25, 0.3) is 0 Å². The van der Waals surface area contributed by atoms with Crippen LogP contribution in [0.15, 0.2) is 30.3 Å². The highest BCUT2D eigenvalue weighted by Gasteiger charge is 1.97. The van der Waals surface area contributed by atoms with E-state index in [4.69, 9.17) is 4.74 Å². The third-order valence-corrected chi connectivity index (χ3v) is 2.56. The number of carbonyl (C=O) groups excluding carboxylic acids is 2. The molecule has 108 valence electrons. The number of rotatable bonds is 8. The third kappa shape index (κ3) is 6.73. The topological polar surface area (TPSA) is 55.4 Å². The van der Waals surface area contributed by atoms with Gasteiger partial charge in [-0.2, -0.15) is 0 Å². The van der Waals surface area contributed by atoms with Gasteiger partial charge in [0.1, 0.15) is 11.5 Å². The molecule has 0 aromatic heterocycles. The standard InChI is InChI=1S/C16H21NO3/c1-3-12-20-15-7-4-14(5-8-15)6-9-16(19)17-11-10-13(2)18/h4-9H,3,10-12H2,1-2H3,(H,17,19)/b9-6+. The Labute approximate surface area is 119 Å². The molecule has 1 N–H and O–H groups in total. The summed E-state index contributed by atoms with van der Waals surface area (Å²) in [6.07, 6.45) is 4.53. The maximum absolute atomic E-state index is 11.5. The van der Waals surface area contributed by atoms with E-state index in [1.165, 1.54) is 13.0 Å². The number of carbonyl (C=O) groups is 2. The highest BCUT2D eigenvalue weighted by Crippen LogP contribution is 2.13. The van der Waals surface area contributed by atoms with Gasteiger partial charge in [-0.1, -0.05) is 19.1 Å². The van der Waals surface area contributed by atoms with Crippen molar-refractivity contribution in [2.45, 2.75) is 26.7 Å². The van der Waals surface area contributed by atoms with Crippen molar-refractivity contribution in [2.24, 2.45) is 0 Å². The molecule has 0 saturated heterocycles. The van der Waals surface area contributed by atoms with Crippen LogP contribution in [0.3, 0.4) is 0 Å². The fourth-order valence-electron chi connectivity index (χ4n) is 1.49. The number of ketones is 1. The summed E-state index contributed by atoms with van der Waals surface area (Å²) in [5.74, 6) is 0.699. The average Bonchev–Trinajstić information content (AvgIpc) is 2.43. The first kappa shape index (κ1) is 16.0. The zero-order chi connectivity index (χ0) is 14.8. The molecule has 0 bridgehead atoms. The van der Waals surface area contributed by atoms with Gasteiger partial charge in [-0.05, 0) is 37.1 Å². The first-order valence-electron chi connectivity index (χ1n) is 6.80. The van der Waals surface area contributed by atoms with Gasteiger partial charge in [0.2, 0.25) is 5.91 Å². The lowest BCUT2D eigenvalue weighted by molar-refractivity contribution is -0.117. The van der Waals surface area contributed by atoms with Gasteiger partial charge in [0, 0.05) is 19.0 Å². The van der Waals surface area contributed by atoms with Crippen LogP contribution in [0.4, 0.5) is 0 Å². The zero-order valence-corrected chi connectivity index (χ0v) is 12.0. The van der Waals surface area contributed by atoms with Crippen molar-refractivity contribution in [1.82, 2.24) is 5.32 Å². The fourth-order valence-corrected chi connectivity index (χ4v) is 1.49. The van der Waals surface area contributed by atoms with E-state index in [0.29, 0.717) is 19.6 Å². The molecule has 0 saturated carbocycles. The van der Waals surface area contributed by atoms with Gasteiger partial charge in [-0.15, -0.1) is 0 Å². The lowest BCUT2D eigenvalue weighted by Crippen LogP contribution is -2.23. The molecule has 0 spiro atoms. The molecule has 0 unspecified atom stereocenters. The van der Waals surface area contributed by atoms with Crippen molar-refractivity contribution in [2.75, 3.05) is 13.2 Å². The number of benzene rings is 1. The molecular weight excluding hydrogens is 254 g/mol. The van der Waals surface area contributed by atoms with E-state index in [9.17, 15) is 9.59 Å². The maximum Gasteiger partial charge on any atom is 0.244 e. The number of amides is 1. The normalized spacial score (nSPS) is 10.5. The molecular formula is C16H21NO3. The van der Waals surface area contributed by atoms with Gasteiger partial charge in [-0.25, -0.2) is 0 Å². The number of Topliss-reactive ketones (excluding diaryl/α,β-unsaturated/α-hetero) is 1. The van der Waals surface area contributed by atoms with Crippen molar-refractivity contribution in [3.63, 3.8) is 0 Å². The monoisotopic (exact) mass is 275 g/mol. The van der Waals surface area contributed by atoms with Gasteiger partial charge in [0.05, 0.1) is 6.61 Å². The van der Waals surface area contributed by atoms with E-state index in [2.05, 4.69) is 12.2 Å². The summed E-state index contributed by atoms with van der Waals surface area (Å²) < 4.78 is 5.48. The predicted molar refractivity (Wildman–Crippen MR) is 79.6 cm³/mol. The Hall–Kier alpha value is -2.10. The largest absolute Gasteiger partial charge is 0.494 e. The SMILES string of the molecule is CCCOc1ccc(/C=C/C(=O)NCCC(C)=O)cc1. The smallest absolute Gasteiger partial charge is 0.244 e. The maximum atomic E-state index is 11.5. The minimum Gasteiger partial charge on any atom is -0.494 e. The van der Waals surface area contributed by atoms with E-state index in [0.717, 1.165) is 17.7 Å². The van der Waals surface area contributed by atoms with E-state index < -0.39 is 0 Å². The third-order valence-electron chi connectivity index (χ3n) is 2.56. The second kappa shape index (κ2) is 8.91. The molecule has 1 rings (SSSR count). The van der Waals surface area contributed by atoms with Crippen LogP contribution in [0.1, 0.15) is 32.3 Å². The molecule has 0 aliphatic carbocycles. The van der Waals surface area contributed by atoms with Crippen LogP contribution in [-0.4, -0.2) is 24.8 Å². The summed E-state index contributed by atoms with van der Waals surface area (Å²) in [5.41, 5.74) is 0.926. The Morgan fingerprint density at radius 3 is 2.55 bits per heavy atom. The summed E-state index contributed by atoms with van der Waals surface area (Å²) in [6, 6.07) is 7.54. The molecule has 1 amide bonds. The van der Waals surface area contributed by atoms with Crippen LogP contribution in [-0.2, 0) is 9.59 Å². The molecule has 0 atom stereocenters. The summed E-state index contributed by atoms with van der Waals surface area (Å²) in [5, 5.41) is 2.65. The minimum absolute atomic E-state index is 0.0666. The Balaban J connectivity index is 2.41. The number of hydrogen-bond donors (Lipinski definition) is 1. The quantitative estimate of drug-likeness (QED) is 0.742. The van der Waals surface area contributed by atoms with Crippen LogP contribution in [0, 0.1) is 0 Å². The molecule has 0 fully saturated rings. The summed E-state index contributed by atoms with van der Waals surface area (Å²) in [6.45, 7) is 4.64. The first-order chi connectivity index (χ1) is 9.61. The van der Waals surface area contributed by atoms with Crippen LogP contribution in [0.25, 0.3) is 6.08 Å². The highest BCUT2D eigenvalue weighted by atomic mass is 16.5. The zero-order valence-electron chi connectivity index (χ0n) is 12.0. The Morgan fingerprint density at radius 1 is 1.25 bits per heavy atom. The van der Waals surface area contributed by atoms with Gasteiger partial charge in [0.15, 0.2) is 0 Å². The summed E-state index contributed by atoms with van der Waals surface area (Å²) in [4.78, 5) is 22.2. The summed E-state index contributed by atoms with van der Waals surface area (Å²) >= 11 is 0. The predicted octanol–water partition coefficient (Wildman–Crippen LogP) is 2.58. The minimum atomic E-state index is -0.197. The number of ether oxygens (including phenoxy) is 1. The van der Waals surface area contributed by atoms with Crippen LogP contribution in [0.5, 0.6) is 5.75 Å². The summed E-state index contributed by atoms with van der Waals surface area (Å²) in [7, 11) is 0. The molecule has 4 nitrogen and oxygen atoms in total. The molecule has 4 heteroatoms. The van der Waals surface area contributed by atoms with E-state index in [1.807, 2.05) is 24.3 Å². The lowest BCUT2D eigenvalue weighted by atomic mass is 10.2. The molecule has 0 radical (unpaired) electrons. The highest BCUT2D eigenvalue weighted by molar-refractivity contribution is 5.92. The molecule has 1 aromatic rings. The van der Waals surface area contributed by atoms with Gasteiger partial charge in [-0.3, -0.25) is 9.59 Å². The van der Waals surface area contributed by atoms with Crippen molar-refractivity contribution in [1.29, 1.82) is 0 Å². The van der Waals surface area contributed by atoms with Crippen LogP contribution >= 0.6 is 0 Å². The molecule has 0 aliphatic rings. The fraction of sp³-hybridized carbons (Fsp3) is 0.375. The Morgan fingerprint density at radius 2 is 1.95 bits per heavy atom. The second-order valence-electron chi connectivity index (χ2n) is 4.49. The Bertz CT molecular complexity index is 463. The van der Waals surface area contributed by atoms with Crippen LogP contribution in [0.2, 0.25) is 0 Å². The van der Waals surface area contributed by atoms with Crippen molar-refractivity contribution in [3.05, 3.63) is 35.9 Å². The van der Waals surface area contributed by atoms with E-state index in [1.54, 1.807) is 6.08 Å². The van der Waals surface area contributed by atoms with Gasteiger partial charge >= 0.3 is 0 Å². The van der Waals surface area contributed by atoms with E-state index in [-0.39, 0.29) is 11.7 Å². The van der Waals surface area contributed by atoms with Gasteiger partial charge < -0.3 is 10.1 Å². The lowest BCUT2D eigenvalue weighted by Gasteiger charge is -2.04. The van der Waals surface area contributed by atoms with Crippen molar-refractivity contribution < 1.29 is 14.3 Å². The van der Waals surface area contributed by atoms with E-state index >= 15 is 0 Å².